The number of nitrogens with zero attached hydrogens (tertiary/aromatic N) is 2. The van der Waals surface area contributed by atoms with Crippen molar-refractivity contribution in [1.29, 1.82) is 0 Å². The topological polar surface area (TPSA) is 29.9 Å². The Labute approximate surface area is 116 Å². The number of benzene rings is 1. The quantitative estimate of drug-likeness (QED) is 0.824. The number of para-hydroxylation sites is 2. The molecule has 0 aliphatic rings. The molecule has 19 heavy (non-hydrogen) atoms. The Hall–Kier alpha value is -1.35. The van der Waals surface area contributed by atoms with Gasteiger partial charge in [0.25, 0.3) is 0 Å². The summed E-state index contributed by atoms with van der Waals surface area (Å²) in [5.74, 6) is 1.10. The number of nitrogens with one attached hydrogen (secondary N) is 1. The Kier molecular flexibility index (Phi) is 4.97. The molecule has 3 heteroatoms. The van der Waals surface area contributed by atoms with Gasteiger partial charge in [0.15, 0.2) is 0 Å². The van der Waals surface area contributed by atoms with Crippen molar-refractivity contribution in [3.05, 3.63) is 30.1 Å². The van der Waals surface area contributed by atoms with Gasteiger partial charge in [-0.05, 0) is 31.9 Å². The van der Waals surface area contributed by atoms with Gasteiger partial charge in [-0.3, -0.25) is 0 Å². The highest BCUT2D eigenvalue weighted by atomic mass is 15.1. The lowest BCUT2D eigenvalue weighted by atomic mass is 10.1. The van der Waals surface area contributed by atoms with Gasteiger partial charge >= 0.3 is 0 Å². The smallest absolute Gasteiger partial charge is 0.106 e. The van der Waals surface area contributed by atoms with Gasteiger partial charge in [0.1, 0.15) is 5.82 Å². The lowest BCUT2D eigenvalue weighted by Gasteiger charge is -2.16. The van der Waals surface area contributed by atoms with Crippen molar-refractivity contribution in [2.75, 3.05) is 6.54 Å². The van der Waals surface area contributed by atoms with Gasteiger partial charge in [-0.1, -0.05) is 32.4 Å². The highest BCUT2D eigenvalue weighted by Crippen LogP contribution is 2.14. The van der Waals surface area contributed by atoms with Crippen molar-refractivity contribution >= 4 is 11.0 Å². The summed E-state index contributed by atoms with van der Waals surface area (Å²) in [6.45, 7) is 8.60. The van der Waals surface area contributed by atoms with E-state index in [4.69, 9.17) is 0 Å². The molecule has 1 unspecified atom stereocenters. The van der Waals surface area contributed by atoms with Gasteiger partial charge in [-0.25, -0.2) is 4.98 Å². The van der Waals surface area contributed by atoms with Gasteiger partial charge < -0.3 is 9.88 Å². The first-order valence-electron chi connectivity index (χ1n) is 7.41. The molecule has 3 nitrogen and oxygen atoms in total. The molecule has 1 heterocycles. The minimum absolute atomic E-state index is 0.653. The summed E-state index contributed by atoms with van der Waals surface area (Å²) in [6, 6.07) is 9.02. The van der Waals surface area contributed by atoms with E-state index in [1.807, 2.05) is 6.07 Å². The van der Waals surface area contributed by atoms with E-state index in [9.17, 15) is 0 Å². The highest BCUT2D eigenvalue weighted by molar-refractivity contribution is 5.75. The molecule has 0 amide bonds. The van der Waals surface area contributed by atoms with Gasteiger partial charge in [0.2, 0.25) is 0 Å². The molecule has 0 fully saturated rings. The van der Waals surface area contributed by atoms with Crippen LogP contribution in [0.4, 0.5) is 0 Å². The van der Waals surface area contributed by atoms with E-state index >= 15 is 0 Å². The molecule has 0 radical (unpaired) electrons. The first-order valence-corrected chi connectivity index (χ1v) is 7.41. The summed E-state index contributed by atoms with van der Waals surface area (Å²) in [7, 11) is 0. The summed E-state index contributed by atoms with van der Waals surface area (Å²) in [4.78, 5) is 4.60. The minimum Gasteiger partial charge on any atom is -0.327 e. The van der Waals surface area contributed by atoms with Crippen LogP contribution in [-0.2, 0) is 6.54 Å². The fraction of sp³-hybridized carbons (Fsp3) is 0.562. The maximum atomic E-state index is 4.60. The molecule has 0 aliphatic heterocycles. The van der Waals surface area contributed by atoms with Gasteiger partial charge in [-0.2, -0.15) is 0 Å². The summed E-state index contributed by atoms with van der Waals surface area (Å²) < 4.78 is 2.31. The Balaban J connectivity index is 1.99. The third-order valence-corrected chi connectivity index (χ3v) is 3.74. The van der Waals surface area contributed by atoms with E-state index < -0.39 is 0 Å². The molecular formula is C16H25N3. The number of aryl methyl sites for hydroxylation is 1. The maximum Gasteiger partial charge on any atom is 0.106 e. The normalized spacial score (nSPS) is 13.0. The average molecular weight is 259 g/mol. The van der Waals surface area contributed by atoms with E-state index in [1.165, 1.54) is 24.8 Å². The number of hydrogen-bond acceptors (Lipinski definition) is 2. The molecule has 1 N–H and O–H groups in total. The molecule has 0 spiro atoms. The van der Waals surface area contributed by atoms with E-state index in [-0.39, 0.29) is 0 Å². The third-order valence-electron chi connectivity index (χ3n) is 3.74. The zero-order valence-corrected chi connectivity index (χ0v) is 12.3. The first-order chi connectivity index (χ1) is 9.26. The van der Waals surface area contributed by atoms with Gasteiger partial charge in [0, 0.05) is 19.1 Å². The van der Waals surface area contributed by atoms with E-state index in [2.05, 4.69) is 53.8 Å². The van der Waals surface area contributed by atoms with E-state index in [0.29, 0.717) is 6.04 Å². The molecule has 0 bridgehead atoms. The molecular weight excluding hydrogens is 234 g/mol. The standard InChI is InChI=1S/C16H25N3/c1-4-8-14(5-2)17-11-12-19-13(3)18-15-9-6-7-10-16(15)19/h6-7,9-10,14,17H,4-5,8,11-12H2,1-3H3. The summed E-state index contributed by atoms with van der Waals surface area (Å²) in [6.07, 6.45) is 3.72. The summed E-state index contributed by atoms with van der Waals surface area (Å²) in [5, 5.41) is 3.65. The monoisotopic (exact) mass is 259 g/mol. The Morgan fingerprint density at radius 1 is 1.26 bits per heavy atom. The highest BCUT2D eigenvalue weighted by Gasteiger charge is 2.07. The van der Waals surface area contributed by atoms with E-state index in [1.54, 1.807) is 0 Å². The van der Waals surface area contributed by atoms with Crippen LogP contribution in [0.2, 0.25) is 0 Å². The summed E-state index contributed by atoms with van der Waals surface area (Å²) in [5.41, 5.74) is 2.34. The van der Waals surface area contributed by atoms with Gasteiger partial charge in [0.05, 0.1) is 11.0 Å². The fourth-order valence-corrected chi connectivity index (χ4v) is 2.66. The molecule has 0 aliphatic carbocycles. The van der Waals surface area contributed by atoms with Crippen LogP contribution in [0.1, 0.15) is 38.9 Å². The molecule has 0 saturated carbocycles. The zero-order chi connectivity index (χ0) is 13.7. The third kappa shape index (κ3) is 3.35. The lowest BCUT2D eigenvalue weighted by Crippen LogP contribution is -2.31. The van der Waals surface area contributed by atoms with Crippen LogP contribution in [0.3, 0.4) is 0 Å². The largest absolute Gasteiger partial charge is 0.327 e. The van der Waals surface area contributed by atoms with E-state index in [0.717, 1.165) is 24.4 Å². The van der Waals surface area contributed by atoms with Crippen LogP contribution in [0, 0.1) is 6.92 Å². The number of imidazole rings is 1. The number of hydrogen-bond donors (Lipinski definition) is 1. The number of fused-ring (bicyclic) bond motifs is 1. The zero-order valence-electron chi connectivity index (χ0n) is 12.3. The Bertz CT molecular complexity index is 516. The van der Waals surface area contributed by atoms with Crippen LogP contribution in [0.15, 0.2) is 24.3 Å². The molecule has 1 aromatic carbocycles. The predicted molar refractivity (Wildman–Crippen MR) is 81.5 cm³/mol. The van der Waals surface area contributed by atoms with Crippen molar-refractivity contribution in [1.82, 2.24) is 14.9 Å². The van der Waals surface area contributed by atoms with Crippen molar-refractivity contribution < 1.29 is 0 Å². The van der Waals surface area contributed by atoms with Crippen molar-refractivity contribution in [3.8, 4) is 0 Å². The predicted octanol–water partition coefficient (Wildman–Crippen LogP) is 3.51. The van der Waals surface area contributed by atoms with Gasteiger partial charge in [-0.15, -0.1) is 0 Å². The summed E-state index contributed by atoms with van der Waals surface area (Å²) >= 11 is 0. The molecule has 104 valence electrons. The van der Waals surface area contributed by atoms with Crippen molar-refractivity contribution in [3.63, 3.8) is 0 Å². The maximum absolute atomic E-state index is 4.60. The Morgan fingerprint density at radius 3 is 2.79 bits per heavy atom. The van der Waals surface area contributed by atoms with Crippen molar-refractivity contribution in [2.45, 2.75) is 52.6 Å². The minimum atomic E-state index is 0.653. The lowest BCUT2D eigenvalue weighted by molar-refractivity contribution is 0.448. The molecule has 2 aromatic rings. The number of aromatic nitrogens is 2. The molecule has 1 aromatic heterocycles. The average Bonchev–Trinajstić information content (AvgIpc) is 2.74. The van der Waals surface area contributed by atoms with Crippen LogP contribution in [-0.4, -0.2) is 22.1 Å². The van der Waals surface area contributed by atoms with Crippen LogP contribution >= 0.6 is 0 Å². The van der Waals surface area contributed by atoms with Crippen LogP contribution < -0.4 is 5.32 Å². The number of rotatable bonds is 7. The Morgan fingerprint density at radius 2 is 2.05 bits per heavy atom. The second-order valence-electron chi connectivity index (χ2n) is 5.15. The molecule has 2 rings (SSSR count). The first kappa shape index (κ1) is 14.1. The second-order valence-corrected chi connectivity index (χ2v) is 5.15. The van der Waals surface area contributed by atoms with Crippen molar-refractivity contribution in [2.24, 2.45) is 0 Å². The van der Waals surface area contributed by atoms with Crippen LogP contribution in [0.5, 0.6) is 0 Å². The molecule has 1 atom stereocenters. The van der Waals surface area contributed by atoms with Crippen LogP contribution in [0.25, 0.3) is 11.0 Å². The SMILES string of the molecule is CCCC(CC)NCCn1c(C)nc2ccccc21. The molecule has 0 saturated heterocycles. The second kappa shape index (κ2) is 6.71. The fourth-order valence-electron chi connectivity index (χ4n) is 2.66.